The largest absolute Gasteiger partial charge is 0.463 e. The highest BCUT2D eigenvalue weighted by atomic mass is 79.9. The van der Waals surface area contributed by atoms with Gasteiger partial charge in [-0.25, -0.2) is 0 Å². The molecule has 1 aliphatic rings. The first-order valence-corrected chi connectivity index (χ1v) is 8.31. The van der Waals surface area contributed by atoms with Crippen molar-refractivity contribution in [2.75, 3.05) is 6.61 Å². The number of rotatable bonds is 6. The van der Waals surface area contributed by atoms with Crippen LogP contribution < -0.4 is 0 Å². The molecule has 1 heterocycles. The number of nitrogens with zero attached hydrogens (tertiary/aromatic N) is 1. The van der Waals surface area contributed by atoms with Gasteiger partial charge in [0.25, 0.3) is 0 Å². The molecule has 0 spiro atoms. The summed E-state index contributed by atoms with van der Waals surface area (Å²) in [7, 11) is 0. The van der Waals surface area contributed by atoms with Crippen LogP contribution in [0.3, 0.4) is 0 Å². The Balaban J connectivity index is 3.31. The number of halogens is 4. The van der Waals surface area contributed by atoms with Crippen LogP contribution in [0.2, 0.25) is 0 Å². The zero-order valence-electron chi connectivity index (χ0n) is 15.3. The Morgan fingerprint density at radius 3 is 2.07 bits per heavy atom. The van der Waals surface area contributed by atoms with Crippen molar-refractivity contribution < 1.29 is 52.8 Å². The predicted molar refractivity (Wildman–Crippen MR) is 83.1 cm³/mol. The zero-order chi connectivity index (χ0) is 21.8. The van der Waals surface area contributed by atoms with Crippen molar-refractivity contribution in [2.24, 2.45) is 0 Å². The van der Waals surface area contributed by atoms with Gasteiger partial charge in [-0.1, -0.05) is 20.4 Å². The van der Waals surface area contributed by atoms with E-state index in [1.165, 1.54) is 0 Å². The van der Waals surface area contributed by atoms with Gasteiger partial charge in [0, 0.05) is 20.8 Å². The highest BCUT2D eigenvalue weighted by Crippen LogP contribution is 2.33. The summed E-state index contributed by atoms with van der Waals surface area (Å²) in [5.41, 5.74) is 0. The second-order valence-corrected chi connectivity index (χ2v) is 6.25. The van der Waals surface area contributed by atoms with Gasteiger partial charge in [0.1, 0.15) is 25.1 Å². The summed E-state index contributed by atoms with van der Waals surface area (Å²) < 4.78 is 66.7. The van der Waals surface area contributed by atoms with Gasteiger partial charge < -0.3 is 18.9 Å². The van der Waals surface area contributed by atoms with Crippen molar-refractivity contribution in [3.63, 3.8) is 0 Å². The molecule has 13 heteroatoms. The average Bonchev–Trinajstić information content (AvgIpc) is 2.52. The molecule has 27 heavy (non-hydrogen) atoms. The number of hydrogen-bond donors (Lipinski definition) is 0. The zero-order valence-corrected chi connectivity index (χ0v) is 15.9. The first-order chi connectivity index (χ1) is 12.8. The van der Waals surface area contributed by atoms with Gasteiger partial charge in [0.2, 0.25) is 0 Å². The molecule has 1 amide bonds. The SMILES string of the molecule is [2H]C(F)(F)C(=O)N(F)[C@H]1C(Br)O[C@H](COC(C)=O)[C@@H](OC(C)=O)[C@@H]1OC(C)=O. The Morgan fingerprint density at radius 2 is 1.63 bits per heavy atom. The molecule has 154 valence electrons. The second kappa shape index (κ2) is 9.88. The second-order valence-electron chi connectivity index (χ2n) is 5.34. The summed E-state index contributed by atoms with van der Waals surface area (Å²) in [5.74, 6) is -5.24. The van der Waals surface area contributed by atoms with Crippen LogP contribution in [0.25, 0.3) is 0 Å². The minimum atomic E-state index is -4.83. The lowest BCUT2D eigenvalue weighted by Crippen LogP contribution is -2.64. The standard InChI is InChI=1S/C14H17BrF3NO8/c1-5(20)24-4-8-10(25-6(2)21)11(26-7(3)22)9(12(15)27-8)19(18)14(23)13(16)17/h8-13H,4H2,1-3H3/t8-,9-,10-,11-,12?/m1/s1/i13D. The maximum atomic E-state index is 14.4. The van der Waals surface area contributed by atoms with E-state index in [4.69, 9.17) is 20.3 Å². The first kappa shape index (κ1) is 21.4. The third-order valence-corrected chi connectivity index (χ3v) is 4.03. The molecule has 9 nitrogen and oxygen atoms in total. The van der Waals surface area contributed by atoms with E-state index in [2.05, 4.69) is 15.9 Å². The molecule has 1 unspecified atom stereocenters. The van der Waals surface area contributed by atoms with Gasteiger partial charge in [-0.3, -0.25) is 19.2 Å². The molecule has 0 saturated carbocycles. The topological polar surface area (TPSA) is 108 Å². The molecule has 0 aliphatic carbocycles. The Bertz CT molecular complexity index is 634. The van der Waals surface area contributed by atoms with Crippen LogP contribution in [0.4, 0.5) is 13.3 Å². The van der Waals surface area contributed by atoms with E-state index in [9.17, 15) is 32.4 Å². The lowest BCUT2D eigenvalue weighted by atomic mass is 9.97. The van der Waals surface area contributed by atoms with Gasteiger partial charge in [0.05, 0.1) is 0 Å². The summed E-state index contributed by atoms with van der Waals surface area (Å²) in [5, 5.41) is -2.58. The molecule has 0 aromatic heterocycles. The van der Waals surface area contributed by atoms with Crippen molar-refractivity contribution in [2.45, 2.75) is 56.5 Å². The molecular formula is C14H17BrF3NO8. The summed E-state index contributed by atoms with van der Waals surface area (Å²) >= 11 is 2.83. The van der Waals surface area contributed by atoms with E-state index in [1.54, 1.807) is 0 Å². The Kier molecular flexibility index (Phi) is 7.83. The Morgan fingerprint density at radius 1 is 1.11 bits per heavy atom. The molecule has 1 saturated heterocycles. The smallest absolute Gasteiger partial charge is 0.318 e. The van der Waals surface area contributed by atoms with Crippen molar-refractivity contribution in [3.8, 4) is 0 Å². The minimum absolute atomic E-state index is 0.519. The quantitative estimate of drug-likeness (QED) is 0.246. The molecule has 1 aliphatic heterocycles. The van der Waals surface area contributed by atoms with Crippen molar-refractivity contribution in [3.05, 3.63) is 0 Å². The summed E-state index contributed by atoms with van der Waals surface area (Å²) in [6.45, 7) is 2.42. The van der Waals surface area contributed by atoms with Crippen LogP contribution in [0.1, 0.15) is 22.1 Å². The van der Waals surface area contributed by atoms with Crippen LogP contribution in [0, 0.1) is 0 Å². The maximum Gasteiger partial charge on any atom is 0.318 e. The third kappa shape index (κ3) is 6.34. The number of amides is 1. The lowest BCUT2D eigenvalue weighted by molar-refractivity contribution is -0.238. The molecule has 1 fully saturated rings. The van der Waals surface area contributed by atoms with E-state index in [1.807, 2.05) is 0 Å². The summed E-state index contributed by atoms with van der Waals surface area (Å²) in [6.07, 6.45) is -9.56. The third-order valence-electron chi connectivity index (χ3n) is 3.27. The highest BCUT2D eigenvalue weighted by Gasteiger charge is 2.54. The Labute approximate surface area is 161 Å². The normalized spacial score (nSPS) is 28.6. The maximum absolute atomic E-state index is 14.4. The van der Waals surface area contributed by atoms with Gasteiger partial charge >= 0.3 is 30.2 Å². The fourth-order valence-corrected chi connectivity index (χ4v) is 3.11. The molecule has 5 atom stereocenters. The number of alkyl halides is 3. The molecule has 0 aromatic rings. The molecular weight excluding hydrogens is 447 g/mol. The fraction of sp³-hybridized carbons (Fsp3) is 0.714. The van der Waals surface area contributed by atoms with E-state index in [0.717, 1.165) is 20.8 Å². The van der Waals surface area contributed by atoms with E-state index >= 15 is 0 Å². The number of ether oxygens (including phenoxy) is 4. The number of carbonyl (C=O) groups excluding carboxylic acids is 4. The summed E-state index contributed by atoms with van der Waals surface area (Å²) in [4.78, 5) is 45.4. The van der Waals surface area contributed by atoms with Crippen molar-refractivity contribution in [1.82, 2.24) is 5.12 Å². The van der Waals surface area contributed by atoms with Gasteiger partial charge in [0.15, 0.2) is 12.2 Å². The van der Waals surface area contributed by atoms with Crippen LogP contribution in [0.5, 0.6) is 0 Å². The molecule has 0 bridgehead atoms. The molecule has 0 aromatic carbocycles. The minimum Gasteiger partial charge on any atom is -0.463 e. The van der Waals surface area contributed by atoms with Gasteiger partial charge in [-0.05, 0) is 0 Å². The van der Waals surface area contributed by atoms with Crippen LogP contribution in [-0.4, -0.2) is 71.3 Å². The average molecular weight is 465 g/mol. The monoisotopic (exact) mass is 464 g/mol. The van der Waals surface area contributed by atoms with Gasteiger partial charge in [-0.2, -0.15) is 13.9 Å². The van der Waals surface area contributed by atoms with E-state index < -0.39 is 71.3 Å². The molecule has 0 N–H and O–H groups in total. The lowest BCUT2D eigenvalue weighted by Gasteiger charge is -2.44. The molecule has 0 radical (unpaired) electrons. The van der Waals surface area contributed by atoms with E-state index in [0.29, 0.717) is 0 Å². The first-order valence-electron chi connectivity index (χ1n) is 7.90. The van der Waals surface area contributed by atoms with E-state index in [-0.39, 0.29) is 0 Å². The Hall–Kier alpha value is -1.89. The number of hydrogen-bond acceptors (Lipinski definition) is 8. The predicted octanol–water partition coefficient (Wildman–Crippen LogP) is 0.879. The molecule has 1 rings (SSSR count). The fourth-order valence-electron chi connectivity index (χ4n) is 2.32. The van der Waals surface area contributed by atoms with Crippen molar-refractivity contribution in [1.29, 1.82) is 0 Å². The highest BCUT2D eigenvalue weighted by molar-refractivity contribution is 9.09. The van der Waals surface area contributed by atoms with Gasteiger partial charge in [-0.15, -0.1) is 0 Å². The number of esters is 3. The number of carbonyl (C=O) groups is 4. The van der Waals surface area contributed by atoms with Crippen LogP contribution in [0.15, 0.2) is 0 Å². The summed E-state index contributed by atoms with van der Waals surface area (Å²) in [6, 6.07) is -2.05. The van der Waals surface area contributed by atoms with Crippen LogP contribution in [-0.2, 0) is 38.1 Å². The van der Waals surface area contributed by atoms with Crippen LogP contribution >= 0.6 is 15.9 Å². The van der Waals surface area contributed by atoms with Crippen molar-refractivity contribution >= 4 is 39.7 Å².